The van der Waals surface area contributed by atoms with Crippen molar-refractivity contribution >= 4 is 5.96 Å². The van der Waals surface area contributed by atoms with Gasteiger partial charge in [0.1, 0.15) is 0 Å². The van der Waals surface area contributed by atoms with Gasteiger partial charge in [0.2, 0.25) is 0 Å². The van der Waals surface area contributed by atoms with Crippen molar-refractivity contribution in [3.05, 3.63) is 0 Å². The van der Waals surface area contributed by atoms with Crippen molar-refractivity contribution in [2.24, 2.45) is 10.9 Å². The second kappa shape index (κ2) is 5.53. The first-order valence-corrected chi connectivity index (χ1v) is 5.99. The van der Waals surface area contributed by atoms with E-state index in [0.717, 1.165) is 18.4 Å². The number of hydrogen-bond acceptors (Lipinski definition) is 2. The lowest BCUT2D eigenvalue weighted by molar-refractivity contribution is 0.270. The van der Waals surface area contributed by atoms with Gasteiger partial charge in [-0.2, -0.15) is 0 Å². The lowest BCUT2D eigenvalue weighted by Crippen LogP contribution is -2.38. The molecule has 1 aliphatic rings. The summed E-state index contributed by atoms with van der Waals surface area (Å²) in [5.41, 5.74) is 0. The molecule has 0 bridgehead atoms. The van der Waals surface area contributed by atoms with Crippen LogP contribution in [-0.4, -0.2) is 75.5 Å². The summed E-state index contributed by atoms with van der Waals surface area (Å²) in [5, 5.41) is 0. The number of rotatable bonds is 4. The summed E-state index contributed by atoms with van der Waals surface area (Å²) < 4.78 is 0. The van der Waals surface area contributed by atoms with Crippen molar-refractivity contribution in [3.8, 4) is 0 Å². The Bertz CT molecular complexity index is 229. The van der Waals surface area contributed by atoms with Gasteiger partial charge in [-0.05, 0) is 32.9 Å². The minimum absolute atomic E-state index is 0.606. The van der Waals surface area contributed by atoms with Gasteiger partial charge in [-0.15, -0.1) is 0 Å². The normalized spacial score (nSPS) is 17.2. The molecule has 0 aromatic heterocycles. The van der Waals surface area contributed by atoms with Gasteiger partial charge < -0.3 is 14.7 Å². The van der Waals surface area contributed by atoms with Gasteiger partial charge in [0.15, 0.2) is 5.96 Å². The maximum absolute atomic E-state index is 4.73. The Kier molecular flexibility index (Phi) is 4.59. The molecule has 1 fully saturated rings. The van der Waals surface area contributed by atoms with E-state index in [1.54, 1.807) is 0 Å². The third kappa shape index (κ3) is 3.67. The molecule has 1 atom stereocenters. The van der Waals surface area contributed by atoms with E-state index in [4.69, 9.17) is 4.99 Å². The van der Waals surface area contributed by atoms with Crippen molar-refractivity contribution in [1.82, 2.24) is 14.7 Å². The molecular formula is C12H26N4. The third-order valence-corrected chi connectivity index (χ3v) is 3.05. The van der Waals surface area contributed by atoms with Crippen molar-refractivity contribution in [1.29, 1.82) is 0 Å². The van der Waals surface area contributed by atoms with Crippen LogP contribution >= 0.6 is 0 Å². The fourth-order valence-electron chi connectivity index (χ4n) is 2.07. The van der Waals surface area contributed by atoms with Crippen LogP contribution in [0.4, 0.5) is 0 Å². The highest BCUT2D eigenvalue weighted by atomic mass is 15.3. The summed E-state index contributed by atoms with van der Waals surface area (Å²) >= 11 is 0. The van der Waals surface area contributed by atoms with Crippen molar-refractivity contribution in [2.75, 3.05) is 48.8 Å². The zero-order chi connectivity index (χ0) is 12.3. The Morgan fingerprint density at radius 3 is 1.88 bits per heavy atom. The van der Waals surface area contributed by atoms with Crippen LogP contribution in [0.2, 0.25) is 0 Å². The van der Waals surface area contributed by atoms with Gasteiger partial charge in [-0.25, -0.2) is 0 Å². The standard InChI is InChI=1S/C12H26N4/c1-14(2)11(10-7-8-10)9-13-12(15(3)4)16(5)6/h10-11H,7-9H2,1-6H3. The van der Waals surface area contributed by atoms with Gasteiger partial charge in [-0.3, -0.25) is 4.99 Å². The highest BCUT2D eigenvalue weighted by molar-refractivity contribution is 5.79. The zero-order valence-electron chi connectivity index (χ0n) is 11.6. The van der Waals surface area contributed by atoms with Crippen LogP contribution in [0.3, 0.4) is 0 Å². The Morgan fingerprint density at radius 2 is 1.56 bits per heavy atom. The molecule has 94 valence electrons. The molecule has 0 saturated heterocycles. The van der Waals surface area contributed by atoms with E-state index in [2.05, 4.69) is 28.8 Å². The fraction of sp³-hybridized carbons (Fsp3) is 0.917. The lowest BCUT2D eigenvalue weighted by atomic mass is 10.2. The molecule has 1 aliphatic carbocycles. The topological polar surface area (TPSA) is 22.1 Å². The average Bonchev–Trinajstić information content (AvgIpc) is 2.93. The molecule has 1 saturated carbocycles. The smallest absolute Gasteiger partial charge is 0.195 e. The third-order valence-electron chi connectivity index (χ3n) is 3.05. The molecule has 0 aliphatic heterocycles. The molecular weight excluding hydrogens is 200 g/mol. The molecule has 0 spiro atoms. The molecule has 0 N–H and O–H groups in total. The van der Waals surface area contributed by atoms with Crippen LogP contribution in [0.5, 0.6) is 0 Å². The summed E-state index contributed by atoms with van der Waals surface area (Å²) in [5.74, 6) is 1.91. The first-order chi connectivity index (χ1) is 7.43. The van der Waals surface area contributed by atoms with E-state index in [-0.39, 0.29) is 0 Å². The fourth-order valence-corrected chi connectivity index (χ4v) is 2.07. The molecule has 4 nitrogen and oxygen atoms in total. The first kappa shape index (κ1) is 13.3. The van der Waals surface area contributed by atoms with Gasteiger partial charge in [0.25, 0.3) is 0 Å². The van der Waals surface area contributed by atoms with Crippen LogP contribution in [0.25, 0.3) is 0 Å². The lowest BCUT2D eigenvalue weighted by Gasteiger charge is -2.26. The number of hydrogen-bond donors (Lipinski definition) is 0. The van der Waals surface area contributed by atoms with E-state index < -0.39 is 0 Å². The van der Waals surface area contributed by atoms with Gasteiger partial charge in [0, 0.05) is 34.2 Å². The molecule has 0 radical (unpaired) electrons. The van der Waals surface area contributed by atoms with Crippen molar-refractivity contribution < 1.29 is 0 Å². The largest absolute Gasteiger partial charge is 0.349 e. The van der Waals surface area contributed by atoms with E-state index in [1.807, 2.05) is 28.2 Å². The number of aliphatic imine (C=N–C) groups is 1. The summed E-state index contributed by atoms with van der Waals surface area (Å²) in [6, 6.07) is 0.606. The van der Waals surface area contributed by atoms with Crippen LogP contribution in [0, 0.1) is 5.92 Å². The number of likely N-dealkylation sites (N-methyl/N-ethyl adjacent to an activating group) is 1. The Morgan fingerprint density at radius 1 is 1.06 bits per heavy atom. The molecule has 0 aromatic rings. The predicted molar refractivity (Wildman–Crippen MR) is 69.9 cm³/mol. The molecule has 1 rings (SSSR count). The Labute approximate surface area is 99.9 Å². The quantitative estimate of drug-likeness (QED) is 0.523. The summed E-state index contributed by atoms with van der Waals surface area (Å²) in [6.07, 6.45) is 2.75. The predicted octanol–water partition coefficient (Wildman–Crippen LogP) is 0.806. The zero-order valence-corrected chi connectivity index (χ0v) is 11.6. The number of nitrogens with zero attached hydrogens (tertiary/aromatic N) is 4. The van der Waals surface area contributed by atoms with Crippen LogP contribution < -0.4 is 0 Å². The highest BCUT2D eigenvalue weighted by Crippen LogP contribution is 2.34. The van der Waals surface area contributed by atoms with Gasteiger partial charge in [-0.1, -0.05) is 0 Å². The summed E-state index contributed by atoms with van der Waals surface area (Å²) in [7, 11) is 12.5. The molecule has 16 heavy (non-hydrogen) atoms. The highest BCUT2D eigenvalue weighted by Gasteiger charge is 2.32. The van der Waals surface area contributed by atoms with E-state index >= 15 is 0 Å². The van der Waals surface area contributed by atoms with Crippen molar-refractivity contribution in [3.63, 3.8) is 0 Å². The Hall–Kier alpha value is -0.770. The second-order valence-corrected chi connectivity index (χ2v) is 5.30. The van der Waals surface area contributed by atoms with Crippen molar-refractivity contribution in [2.45, 2.75) is 18.9 Å². The van der Waals surface area contributed by atoms with E-state index in [1.165, 1.54) is 12.8 Å². The monoisotopic (exact) mass is 226 g/mol. The first-order valence-electron chi connectivity index (χ1n) is 5.99. The van der Waals surface area contributed by atoms with Crippen LogP contribution in [0.15, 0.2) is 4.99 Å². The maximum atomic E-state index is 4.73. The average molecular weight is 226 g/mol. The Balaban J connectivity index is 2.59. The van der Waals surface area contributed by atoms with E-state index in [9.17, 15) is 0 Å². The summed E-state index contributed by atoms with van der Waals surface area (Å²) in [4.78, 5) is 11.2. The summed E-state index contributed by atoms with van der Waals surface area (Å²) in [6.45, 7) is 0.906. The van der Waals surface area contributed by atoms with Crippen LogP contribution in [0.1, 0.15) is 12.8 Å². The van der Waals surface area contributed by atoms with Crippen LogP contribution in [-0.2, 0) is 0 Å². The molecule has 4 heteroatoms. The molecule has 0 aromatic carbocycles. The molecule has 0 amide bonds. The minimum Gasteiger partial charge on any atom is -0.349 e. The van der Waals surface area contributed by atoms with Gasteiger partial charge >= 0.3 is 0 Å². The van der Waals surface area contributed by atoms with Gasteiger partial charge in [0.05, 0.1) is 6.54 Å². The van der Waals surface area contributed by atoms with E-state index in [0.29, 0.717) is 6.04 Å². The molecule has 0 heterocycles. The minimum atomic E-state index is 0.606. The maximum Gasteiger partial charge on any atom is 0.195 e. The second-order valence-electron chi connectivity index (χ2n) is 5.30. The number of guanidine groups is 1. The SMILES string of the molecule is CN(C)C(=NCC(C1CC1)N(C)C)N(C)C. The molecule has 1 unspecified atom stereocenters.